The summed E-state index contributed by atoms with van der Waals surface area (Å²) in [7, 11) is 2.71. The lowest BCUT2D eigenvalue weighted by molar-refractivity contribution is -0.136. The van der Waals surface area contributed by atoms with Crippen LogP contribution in [0.5, 0.6) is 0 Å². The van der Waals surface area contributed by atoms with Crippen molar-refractivity contribution in [2.45, 2.75) is 0 Å². The van der Waals surface area contributed by atoms with E-state index in [0.717, 1.165) is 8.47 Å². The minimum absolute atomic E-state index is 0.336. The summed E-state index contributed by atoms with van der Waals surface area (Å²) in [6.45, 7) is 0. The number of ether oxygens (including phenoxy) is 2. The highest BCUT2D eigenvalue weighted by Gasteiger charge is 2.27. The molecule has 0 amide bonds. The van der Waals surface area contributed by atoms with E-state index in [9.17, 15) is 9.59 Å². The van der Waals surface area contributed by atoms with Crippen LogP contribution in [-0.4, -0.2) is 26.2 Å². The van der Waals surface area contributed by atoms with E-state index in [-0.39, 0.29) is 11.9 Å². The highest BCUT2D eigenvalue weighted by Crippen LogP contribution is 2.55. The van der Waals surface area contributed by atoms with Crippen molar-refractivity contribution in [3.05, 3.63) is 29.1 Å². The zero-order valence-electron chi connectivity index (χ0n) is 9.42. The quantitative estimate of drug-likeness (QED) is 0.719. The summed E-state index contributed by atoms with van der Waals surface area (Å²) in [4.78, 5) is 23.8. The van der Waals surface area contributed by atoms with Crippen LogP contribution in [0, 0.1) is 0 Å². The molecule has 0 saturated carbocycles. The average molecular weight is 320 g/mol. The van der Waals surface area contributed by atoms with Crippen LogP contribution in [0.2, 0.25) is 0 Å². The van der Waals surface area contributed by atoms with Crippen LogP contribution in [0.1, 0.15) is 0 Å². The fourth-order valence-electron chi connectivity index (χ4n) is 1.07. The molecule has 0 aliphatic carbocycles. The minimum atomic E-state index is -0.336. The first-order valence-electron chi connectivity index (χ1n) is 4.66. The van der Waals surface area contributed by atoms with Crippen LogP contribution in [-0.2, 0) is 19.1 Å². The van der Waals surface area contributed by atoms with Crippen molar-refractivity contribution in [1.29, 1.82) is 0 Å². The number of rotatable bonds is 2. The van der Waals surface area contributed by atoms with Gasteiger partial charge in [-0.15, -0.1) is 0 Å². The van der Waals surface area contributed by atoms with Gasteiger partial charge in [0, 0.05) is 0 Å². The summed E-state index contributed by atoms with van der Waals surface area (Å²) in [6.07, 6.45) is 0. The second kappa shape index (κ2) is 6.14. The van der Waals surface area contributed by atoms with Crippen molar-refractivity contribution in [2.24, 2.45) is 0 Å². The Morgan fingerprint density at radius 1 is 0.889 bits per heavy atom. The molecule has 0 bridgehead atoms. The van der Waals surface area contributed by atoms with Gasteiger partial charge >= 0.3 is 11.9 Å². The van der Waals surface area contributed by atoms with Crippen molar-refractivity contribution in [3.8, 4) is 0 Å². The number of hydrogen-bond donors (Lipinski definition) is 0. The minimum Gasteiger partial charge on any atom is -0.465 e. The lowest BCUT2D eigenvalue weighted by atomic mass is 10.6. The molecule has 4 nitrogen and oxygen atoms in total. The molecule has 0 spiro atoms. The normalized spacial score (nSPS) is 22.6. The standard InChI is InChI=1S/C10H8O4S4/c1-13-7(11)5-3-15-9(17-5)10-16-4-6(18-10)8(12)14-2/h3-4H,1-2H3/b10-9+. The fraction of sp³-hybridized carbons (Fsp3) is 0.200. The van der Waals surface area contributed by atoms with Gasteiger partial charge in [0.25, 0.3) is 0 Å². The summed E-state index contributed by atoms with van der Waals surface area (Å²) in [5, 5.41) is 3.52. The van der Waals surface area contributed by atoms with Crippen LogP contribution in [0.25, 0.3) is 0 Å². The molecule has 96 valence electrons. The Kier molecular flexibility index (Phi) is 4.77. The van der Waals surface area contributed by atoms with Gasteiger partial charge in [0.05, 0.1) is 22.7 Å². The molecule has 2 aliphatic heterocycles. The number of hydrogen-bond acceptors (Lipinski definition) is 8. The first kappa shape index (κ1) is 14.0. The fourth-order valence-corrected chi connectivity index (χ4v) is 5.75. The van der Waals surface area contributed by atoms with E-state index in [2.05, 4.69) is 9.47 Å². The molecule has 0 radical (unpaired) electrons. The topological polar surface area (TPSA) is 52.6 Å². The summed E-state index contributed by atoms with van der Waals surface area (Å²) >= 11 is 5.66. The van der Waals surface area contributed by atoms with Crippen molar-refractivity contribution in [3.63, 3.8) is 0 Å². The molecular weight excluding hydrogens is 312 g/mol. The first-order valence-corrected chi connectivity index (χ1v) is 8.05. The number of esters is 2. The van der Waals surface area contributed by atoms with E-state index in [1.54, 1.807) is 10.8 Å². The largest absolute Gasteiger partial charge is 0.465 e. The molecule has 8 heteroatoms. The number of methoxy groups -OCH3 is 2. The molecule has 2 aliphatic rings. The van der Waals surface area contributed by atoms with Gasteiger partial charge in [-0.3, -0.25) is 0 Å². The van der Waals surface area contributed by atoms with Crippen LogP contribution < -0.4 is 0 Å². The Morgan fingerprint density at radius 3 is 1.61 bits per heavy atom. The van der Waals surface area contributed by atoms with Crippen LogP contribution >= 0.6 is 47.0 Å². The molecule has 0 aromatic heterocycles. The van der Waals surface area contributed by atoms with E-state index in [1.807, 2.05) is 0 Å². The Bertz CT molecular complexity index is 448. The molecule has 18 heavy (non-hydrogen) atoms. The van der Waals surface area contributed by atoms with Gasteiger partial charge in [0.1, 0.15) is 9.81 Å². The zero-order chi connectivity index (χ0) is 13.1. The lowest BCUT2D eigenvalue weighted by Crippen LogP contribution is -1.99. The van der Waals surface area contributed by atoms with Crippen LogP contribution in [0.3, 0.4) is 0 Å². The predicted molar refractivity (Wildman–Crippen MR) is 77.6 cm³/mol. The second-order valence-corrected chi connectivity index (χ2v) is 7.34. The number of thioether (sulfide) groups is 4. The maximum absolute atomic E-state index is 11.3. The summed E-state index contributed by atoms with van der Waals surface area (Å²) in [5.41, 5.74) is 0. The molecule has 0 aromatic rings. The van der Waals surface area contributed by atoms with E-state index >= 15 is 0 Å². The molecule has 0 fully saturated rings. The highest BCUT2D eigenvalue weighted by atomic mass is 32.2. The molecule has 0 aromatic carbocycles. The van der Waals surface area contributed by atoms with Crippen molar-refractivity contribution in [1.82, 2.24) is 0 Å². The molecule has 0 atom stereocenters. The number of carbonyl (C=O) groups is 2. The molecule has 2 rings (SSSR count). The van der Waals surface area contributed by atoms with Gasteiger partial charge in [-0.05, 0) is 10.8 Å². The monoisotopic (exact) mass is 320 g/mol. The third-order valence-corrected chi connectivity index (χ3v) is 7.12. The number of carbonyl (C=O) groups excluding carboxylic acids is 2. The molecular formula is C10H8O4S4. The van der Waals surface area contributed by atoms with Crippen molar-refractivity contribution < 1.29 is 19.1 Å². The average Bonchev–Trinajstić information content (AvgIpc) is 3.04. The molecule has 0 saturated heterocycles. The van der Waals surface area contributed by atoms with Gasteiger partial charge in [0.15, 0.2) is 0 Å². The highest BCUT2D eigenvalue weighted by molar-refractivity contribution is 8.34. The van der Waals surface area contributed by atoms with Gasteiger partial charge < -0.3 is 9.47 Å². The van der Waals surface area contributed by atoms with Gasteiger partial charge in [0.2, 0.25) is 0 Å². The molecule has 0 unspecified atom stereocenters. The third kappa shape index (κ3) is 2.93. The summed E-state index contributed by atoms with van der Waals surface area (Å²) in [6, 6.07) is 0. The van der Waals surface area contributed by atoms with E-state index in [1.165, 1.54) is 61.3 Å². The van der Waals surface area contributed by atoms with Gasteiger partial charge in [-0.25, -0.2) is 9.59 Å². The molecule has 2 heterocycles. The van der Waals surface area contributed by atoms with Gasteiger partial charge in [-0.1, -0.05) is 47.0 Å². The predicted octanol–water partition coefficient (Wildman–Crippen LogP) is 3.10. The molecule has 0 N–H and O–H groups in total. The van der Waals surface area contributed by atoms with Gasteiger partial charge in [-0.2, -0.15) is 0 Å². The van der Waals surface area contributed by atoms with Crippen molar-refractivity contribution in [2.75, 3.05) is 14.2 Å². The SMILES string of the molecule is COC(=O)C1=CS/C(=C2/SC=C(C(=O)OC)S2)S1. The Labute approximate surface area is 121 Å². The van der Waals surface area contributed by atoms with Crippen LogP contribution in [0.15, 0.2) is 29.1 Å². The second-order valence-electron chi connectivity index (χ2n) is 2.96. The summed E-state index contributed by atoms with van der Waals surface area (Å²) in [5.74, 6) is -0.672. The maximum atomic E-state index is 11.3. The Balaban J connectivity index is 2.02. The smallest absolute Gasteiger partial charge is 0.345 e. The third-order valence-electron chi connectivity index (χ3n) is 1.89. The first-order chi connectivity index (χ1) is 8.65. The van der Waals surface area contributed by atoms with Crippen molar-refractivity contribution >= 4 is 59.0 Å². The lowest BCUT2D eigenvalue weighted by Gasteiger charge is -2.02. The summed E-state index contributed by atoms with van der Waals surface area (Å²) < 4.78 is 11.3. The Hall–Kier alpha value is -0.440. The maximum Gasteiger partial charge on any atom is 0.345 e. The van der Waals surface area contributed by atoms with Crippen LogP contribution in [0.4, 0.5) is 0 Å². The zero-order valence-corrected chi connectivity index (χ0v) is 12.7. The van der Waals surface area contributed by atoms with E-state index in [0.29, 0.717) is 9.81 Å². The Morgan fingerprint density at radius 2 is 1.28 bits per heavy atom. The van der Waals surface area contributed by atoms with E-state index in [4.69, 9.17) is 0 Å². The van der Waals surface area contributed by atoms with E-state index < -0.39 is 0 Å².